The molecule has 0 radical (unpaired) electrons. The van der Waals surface area contributed by atoms with Crippen LogP contribution in [0.5, 0.6) is 0 Å². The van der Waals surface area contributed by atoms with Gasteiger partial charge in [0.05, 0.1) is 18.8 Å². The van der Waals surface area contributed by atoms with Gasteiger partial charge >= 0.3 is 6.18 Å². The van der Waals surface area contributed by atoms with E-state index in [2.05, 4.69) is 9.97 Å². The zero-order valence-corrected chi connectivity index (χ0v) is 18.0. The van der Waals surface area contributed by atoms with Crippen LogP contribution in [0.2, 0.25) is 0 Å². The molecule has 1 aromatic carbocycles. The maximum Gasteiger partial charge on any atom is 0.416 e. The summed E-state index contributed by atoms with van der Waals surface area (Å²) in [5, 5.41) is 0.505. The normalized spacial score (nSPS) is 12.0. The molecule has 2 heterocycles. The predicted octanol–water partition coefficient (Wildman–Crippen LogP) is 4.18. The van der Waals surface area contributed by atoms with E-state index in [1.807, 2.05) is 11.5 Å². The number of rotatable bonds is 10. The lowest BCUT2D eigenvalue weighted by atomic mass is 10.2. The first kappa shape index (κ1) is 23.3. The molecule has 11 heteroatoms. The van der Waals surface area contributed by atoms with Crippen molar-refractivity contribution in [3.8, 4) is 0 Å². The summed E-state index contributed by atoms with van der Waals surface area (Å²) < 4.78 is 51.9. The molecule has 7 nitrogen and oxygen atoms in total. The highest BCUT2D eigenvalue weighted by Gasteiger charge is 2.30. The number of halogens is 3. The zero-order chi connectivity index (χ0) is 22.4. The second-order valence-electron chi connectivity index (χ2n) is 6.75. The molecule has 0 saturated carbocycles. The highest BCUT2D eigenvalue weighted by Crippen LogP contribution is 2.33. The fourth-order valence-corrected chi connectivity index (χ4v) is 3.73. The van der Waals surface area contributed by atoms with Gasteiger partial charge < -0.3 is 14.0 Å². The molecule has 0 amide bonds. The number of hydrogen-bond acceptors (Lipinski definition) is 6. The number of methoxy groups -OCH3 is 1. The fraction of sp³-hybridized carbons (Fsp3) is 0.450. The smallest absolute Gasteiger partial charge is 0.382 e. The average molecular weight is 456 g/mol. The third kappa shape index (κ3) is 5.66. The van der Waals surface area contributed by atoms with Crippen molar-refractivity contribution in [2.24, 2.45) is 0 Å². The summed E-state index contributed by atoms with van der Waals surface area (Å²) in [6, 6.07) is 4.85. The van der Waals surface area contributed by atoms with Gasteiger partial charge in [-0.2, -0.15) is 13.2 Å². The van der Waals surface area contributed by atoms with Crippen LogP contribution in [-0.4, -0.2) is 39.4 Å². The maximum atomic E-state index is 12.8. The Kier molecular flexibility index (Phi) is 7.74. The summed E-state index contributed by atoms with van der Waals surface area (Å²) in [7, 11) is 1.56. The second-order valence-corrected chi connectivity index (χ2v) is 7.79. The van der Waals surface area contributed by atoms with Crippen LogP contribution in [0.4, 0.5) is 13.2 Å². The van der Waals surface area contributed by atoms with Crippen molar-refractivity contribution in [1.82, 2.24) is 19.1 Å². The van der Waals surface area contributed by atoms with Crippen LogP contribution >= 0.6 is 11.8 Å². The van der Waals surface area contributed by atoms with E-state index in [9.17, 15) is 18.0 Å². The van der Waals surface area contributed by atoms with E-state index < -0.39 is 11.7 Å². The molecule has 2 aromatic heterocycles. The van der Waals surface area contributed by atoms with E-state index in [0.29, 0.717) is 35.5 Å². The van der Waals surface area contributed by atoms with Gasteiger partial charge in [0, 0.05) is 18.6 Å². The van der Waals surface area contributed by atoms with Gasteiger partial charge in [-0.05, 0) is 30.7 Å². The van der Waals surface area contributed by atoms with Gasteiger partial charge in [-0.3, -0.25) is 9.36 Å². The van der Waals surface area contributed by atoms with Crippen LogP contribution in [0, 0.1) is 0 Å². The molecule has 31 heavy (non-hydrogen) atoms. The molecule has 0 aliphatic carbocycles. The monoisotopic (exact) mass is 456 g/mol. The van der Waals surface area contributed by atoms with Crippen molar-refractivity contribution in [2.75, 3.05) is 20.3 Å². The van der Waals surface area contributed by atoms with Crippen LogP contribution < -0.4 is 5.56 Å². The maximum absolute atomic E-state index is 12.8. The molecule has 0 spiro atoms. The second kappa shape index (κ2) is 10.3. The Morgan fingerprint density at radius 1 is 1.16 bits per heavy atom. The molecule has 0 bridgehead atoms. The summed E-state index contributed by atoms with van der Waals surface area (Å²) in [5.41, 5.74) is -0.411. The first-order valence-electron chi connectivity index (χ1n) is 9.72. The van der Waals surface area contributed by atoms with Crippen molar-refractivity contribution in [3.05, 3.63) is 46.5 Å². The van der Waals surface area contributed by atoms with Crippen molar-refractivity contribution in [1.29, 1.82) is 0 Å². The van der Waals surface area contributed by atoms with Gasteiger partial charge in [0.2, 0.25) is 0 Å². The van der Waals surface area contributed by atoms with Gasteiger partial charge in [0.1, 0.15) is 13.1 Å². The SMILES string of the molecule is CCCCn1c(Sc2ccc(C(F)(F)F)cc2)nc2c(=O)n(COCCOC)cnc21. The molecule has 0 N–H and O–H groups in total. The van der Waals surface area contributed by atoms with E-state index in [1.165, 1.54) is 34.8 Å². The van der Waals surface area contributed by atoms with E-state index in [-0.39, 0.29) is 17.8 Å². The Morgan fingerprint density at radius 2 is 1.90 bits per heavy atom. The topological polar surface area (TPSA) is 71.2 Å². The summed E-state index contributed by atoms with van der Waals surface area (Å²) in [4.78, 5) is 22.3. The molecule has 0 aliphatic rings. The number of benzene rings is 1. The van der Waals surface area contributed by atoms with Gasteiger partial charge in [-0.1, -0.05) is 25.1 Å². The van der Waals surface area contributed by atoms with Crippen molar-refractivity contribution >= 4 is 22.9 Å². The molecule has 0 saturated heterocycles. The Balaban J connectivity index is 1.92. The van der Waals surface area contributed by atoms with Crippen LogP contribution in [-0.2, 0) is 28.9 Å². The summed E-state index contributed by atoms with van der Waals surface area (Å²) >= 11 is 1.20. The van der Waals surface area contributed by atoms with E-state index in [1.54, 1.807) is 7.11 Å². The number of ether oxygens (including phenoxy) is 2. The minimum absolute atomic E-state index is 0.0222. The number of fused-ring (bicyclic) bond motifs is 1. The number of imidazole rings is 1. The lowest BCUT2D eigenvalue weighted by molar-refractivity contribution is -0.137. The molecular formula is C20H23F3N4O3S. The Labute approximate surface area is 181 Å². The molecule has 168 valence electrons. The Hall–Kier alpha value is -2.37. The number of unbranched alkanes of at least 4 members (excludes halogenated alkanes) is 1. The van der Waals surface area contributed by atoms with E-state index in [4.69, 9.17) is 9.47 Å². The lowest BCUT2D eigenvalue weighted by Crippen LogP contribution is -2.23. The number of aromatic nitrogens is 4. The zero-order valence-electron chi connectivity index (χ0n) is 17.2. The minimum atomic E-state index is -4.39. The third-order valence-corrected chi connectivity index (χ3v) is 5.48. The van der Waals surface area contributed by atoms with Crippen LogP contribution in [0.1, 0.15) is 25.3 Å². The van der Waals surface area contributed by atoms with E-state index in [0.717, 1.165) is 25.0 Å². The van der Waals surface area contributed by atoms with Gasteiger partial charge in [-0.25, -0.2) is 9.97 Å². The van der Waals surface area contributed by atoms with Crippen LogP contribution in [0.25, 0.3) is 11.2 Å². The molecule has 0 aliphatic heterocycles. The van der Waals surface area contributed by atoms with E-state index >= 15 is 0 Å². The van der Waals surface area contributed by atoms with Crippen molar-refractivity contribution in [3.63, 3.8) is 0 Å². The van der Waals surface area contributed by atoms with Crippen LogP contribution in [0.15, 0.2) is 45.4 Å². The number of aryl methyl sites for hydroxylation is 1. The highest BCUT2D eigenvalue weighted by atomic mass is 32.2. The molecule has 3 aromatic rings. The first-order chi connectivity index (χ1) is 14.8. The predicted molar refractivity (Wildman–Crippen MR) is 110 cm³/mol. The number of hydrogen-bond donors (Lipinski definition) is 0. The standard InChI is InChI=1S/C20H23F3N4O3S/c1-3-4-9-27-17-16(18(28)26(12-24-17)13-30-11-10-29-2)25-19(27)31-15-7-5-14(6-8-15)20(21,22)23/h5-8,12H,3-4,9-11,13H2,1-2H3. The first-order valence-corrected chi connectivity index (χ1v) is 10.5. The molecule has 0 unspecified atom stereocenters. The summed E-state index contributed by atoms with van der Waals surface area (Å²) in [5.74, 6) is 0. The molecule has 0 fully saturated rings. The van der Waals surface area contributed by atoms with Crippen molar-refractivity contribution in [2.45, 2.75) is 49.3 Å². The molecular weight excluding hydrogens is 433 g/mol. The average Bonchev–Trinajstić information content (AvgIpc) is 3.08. The fourth-order valence-electron chi connectivity index (χ4n) is 2.82. The van der Waals surface area contributed by atoms with Gasteiger partial charge in [-0.15, -0.1) is 0 Å². The van der Waals surface area contributed by atoms with Crippen molar-refractivity contribution < 1.29 is 22.6 Å². The number of alkyl halides is 3. The van der Waals surface area contributed by atoms with Gasteiger partial charge in [0.25, 0.3) is 5.56 Å². The number of nitrogens with zero attached hydrogens (tertiary/aromatic N) is 4. The summed E-state index contributed by atoms with van der Waals surface area (Å²) in [6.07, 6.45) is -1.21. The summed E-state index contributed by atoms with van der Waals surface area (Å²) in [6.45, 7) is 3.40. The Morgan fingerprint density at radius 3 is 2.55 bits per heavy atom. The van der Waals surface area contributed by atoms with Gasteiger partial charge in [0.15, 0.2) is 16.3 Å². The van der Waals surface area contributed by atoms with Crippen LogP contribution in [0.3, 0.4) is 0 Å². The third-order valence-electron chi connectivity index (χ3n) is 4.48. The highest BCUT2D eigenvalue weighted by molar-refractivity contribution is 7.99. The Bertz CT molecular complexity index is 1060. The molecule has 3 rings (SSSR count). The molecule has 0 atom stereocenters. The quantitative estimate of drug-likeness (QED) is 0.426. The largest absolute Gasteiger partial charge is 0.416 e. The minimum Gasteiger partial charge on any atom is -0.382 e. The lowest BCUT2D eigenvalue weighted by Gasteiger charge is -2.09.